The number of carbonyl (C=O) groups excluding carboxylic acids is 1. The monoisotopic (exact) mass is 555 g/mol. The molecule has 1 fully saturated rings. The first-order chi connectivity index (χ1) is 19.5. The molecule has 1 atom stereocenters. The van der Waals surface area contributed by atoms with Crippen molar-refractivity contribution in [2.45, 2.75) is 38.1 Å². The first kappa shape index (κ1) is 28.9. The number of anilines is 1. The summed E-state index contributed by atoms with van der Waals surface area (Å²) in [7, 11) is 0. The average Bonchev–Trinajstić information content (AvgIpc) is 3.31. The Balaban J connectivity index is 1.31. The van der Waals surface area contributed by atoms with Crippen LogP contribution >= 0.6 is 0 Å². The topological polar surface area (TPSA) is 153 Å². The molecule has 2 aromatic rings. The molecular formula is C27H34FN7O5. The molecule has 13 heteroatoms. The predicted octanol–water partition coefficient (Wildman–Crippen LogP) is 4.17. The molecule has 0 radical (unpaired) electrons. The normalized spacial score (nSPS) is 15.3. The minimum Gasteiger partial charge on any atom is -0.488 e. The number of hydrogen-bond donors (Lipinski definition) is 2. The minimum atomic E-state index is -1.08. The molecule has 0 aliphatic carbocycles. The predicted molar refractivity (Wildman–Crippen MR) is 145 cm³/mol. The summed E-state index contributed by atoms with van der Waals surface area (Å²) in [5.41, 5.74) is 10.8. The van der Waals surface area contributed by atoms with Gasteiger partial charge in [0.2, 0.25) is 0 Å². The van der Waals surface area contributed by atoms with Crippen LogP contribution in [0.15, 0.2) is 35.4 Å². The summed E-state index contributed by atoms with van der Waals surface area (Å²) in [5, 5.41) is 16.2. The second-order valence-corrected chi connectivity index (χ2v) is 9.63. The van der Waals surface area contributed by atoms with Crippen molar-refractivity contribution in [1.82, 2.24) is 14.8 Å². The summed E-state index contributed by atoms with van der Waals surface area (Å²) < 4.78 is 25.5. The van der Waals surface area contributed by atoms with Crippen molar-refractivity contribution in [2.24, 2.45) is 5.11 Å². The molecular weight excluding hydrogens is 521 g/mol. The van der Waals surface area contributed by atoms with E-state index in [1.54, 1.807) is 11.0 Å². The number of amides is 2. The average molecular weight is 556 g/mol. The van der Waals surface area contributed by atoms with Gasteiger partial charge in [0, 0.05) is 43.3 Å². The van der Waals surface area contributed by atoms with Gasteiger partial charge in [-0.1, -0.05) is 17.2 Å². The molecule has 1 aromatic heterocycles. The molecule has 2 aliphatic heterocycles. The van der Waals surface area contributed by atoms with Crippen molar-refractivity contribution in [1.29, 1.82) is 0 Å². The number of aliphatic carboxylic acids is 1. The maximum absolute atomic E-state index is 14.8. The molecule has 4 rings (SSSR count). The third-order valence-electron chi connectivity index (χ3n) is 6.91. The van der Waals surface area contributed by atoms with E-state index in [9.17, 15) is 19.1 Å². The van der Waals surface area contributed by atoms with E-state index in [1.165, 1.54) is 22.6 Å². The van der Waals surface area contributed by atoms with Gasteiger partial charge in [-0.2, -0.15) is 0 Å². The maximum Gasteiger partial charge on any atom is 0.320 e. The van der Waals surface area contributed by atoms with Gasteiger partial charge in [0.15, 0.2) is 11.6 Å². The van der Waals surface area contributed by atoms with Crippen LogP contribution in [-0.4, -0.2) is 84.4 Å². The number of azide groups is 1. The van der Waals surface area contributed by atoms with E-state index < -0.39 is 17.8 Å². The number of rotatable bonds is 15. The minimum absolute atomic E-state index is 0.00293. The number of urea groups is 1. The van der Waals surface area contributed by atoms with Gasteiger partial charge < -0.3 is 29.7 Å². The summed E-state index contributed by atoms with van der Waals surface area (Å²) in [6, 6.07) is 7.31. The fourth-order valence-corrected chi connectivity index (χ4v) is 4.93. The van der Waals surface area contributed by atoms with E-state index >= 15 is 0 Å². The van der Waals surface area contributed by atoms with Gasteiger partial charge in [-0.15, -0.1) is 0 Å². The van der Waals surface area contributed by atoms with Crippen LogP contribution in [0.5, 0.6) is 5.75 Å². The van der Waals surface area contributed by atoms with Gasteiger partial charge in [0.25, 0.3) is 0 Å². The number of carbonyl (C=O) groups is 2. The van der Waals surface area contributed by atoms with Gasteiger partial charge in [-0.05, 0) is 60.5 Å². The number of carboxylic acid groups (broad SMARTS) is 1. The molecule has 2 amide bonds. The molecule has 214 valence electrons. The fraction of sp³-hybridized carbons (Fsp3) is 0.519. The number of pyridine rings is 1. The van der Waals surface area contributed by atoms with Gasteiger partial charge in [0.1, 0.15) is 12.4 Å². The summed E-state index contributed by atoms with van der Waals surface area (Å²) >= 11 is 0. The first-order valence-electron chi connectivity index (χ1n) is 13.5. The van der Waals surface area contributed by atoms with Gasteiger partial charge in [0.05, 0.1) is 25.7 Å². The van der Waals surface area contributed by atoms with Crippen LogP contribution in [0, 0.1) is 5.82 Å². The molecule has 0 bridgehead atoms. The van der Waals surface area contributed by atoms with Crippen LogP contribution in [0.1, 0.15) is 42.1 Å². The molecule has 2 aliphatic rings. The lowest BCUT2D eigenvalue weighted by Crippen LogP contribution is -2.36. The second kappa shape index (κ2) is 14.3. The zero-order chi connectivity index (χ0) is 28.3. The van der Waals surface area contributed by atoms with E-state index in [4.69, 9.17) is 20.0 Å². The Bertz CT molecular complexity index is 1240. The standard InChI is InChI=1S/C27H34FN7O5/c28-22-17-20(6-8-24(22)40-16-15-39-14-10-31-33-29)23(18-25(36)37)35-13-12-34(27(35)38)11-2-4-21-7-5-19-3-1-9-30-26(19)32-21/h5-8,17,23H,1-4,9-16,18H2,(H,30,32)(H,36,37). The Morgan fingerprint density at radius 2 is 2.12 bits per heavy atom. The van der Waals surface area contributed by atoms with Crippen LogP contribution < -0.4 is 10.1 Å². The Morgan fingerprint density at radius 3 is 2.92 bits per heavy atom. The molecule has 12 nitrogen and oxygen atoms in total. The van der Waals surface area contributed by atoms with Crippen molar-refractivity contribution >= 4 is 17.8 Å². The lowest BCUT2D eigenvalue weighted by Gasteiger charge is -2.27. The third-order valence-corrected chi connectivity index (χ3v) is 6.91. The number of aryl methyl sites for hydroxylation is 2. The fourth-order valence-electron chi connectivity index (χ4n) is 4.93. The first-order valence-corrected chi connectivity index (χ1v) is 13.5. The van der Waals surface area contributed by atoms with Gasteiger partial charge in [-0.3, -0.25) is 4.79 Å². The highest BCUT2D eigenvalue weighted by molar-refractivity contribution is 5.78. The van der Waals surface area contributed by atoms with E-state index in [1.807, 2.05) is 6.07 Å². The Kier molecular flexibility index (Phi) is 10.4. The lowest BCUT2D eigenvalue weighted by atomic mass is 10.0. The third kappa shape index (κ3) is 7.73. The molecule has 0 spiro atoms. The number of nitrogens with zero attached hydrogens (tertiary/aromatic N) is 6. The second-order valence-electron chi connectivity index (χ2n) is 9.63. The molecule has 1 saturated heterocycles. The number of nitrogens with one attached hydrogen (secondary N) is 1. The summed E-state index contributed by atoms with van der Waals surface area (Å²) in [5.74, 6) is -0.792. The van der Waals surface area contributed by atoms with Crippen LogP contribution in [0.4, 0.5) is 15.0 Å². The molecule has 0 saturated carbocycles. The van der Waals surface area contributed by atoms with Crippen molar-refractivity contribution in [3.05, 3.63) is 63.4 Å². The van der Waals surface area contributed by atoms with Gasteiger partial charge >= 0.3 is 12.0 Å². The van der Waals surface area contributed by atoms with E-state index in [0.717, 1.165) is 43.7 Å². The Hall–Kier alpha value is -4.09. The van der Waals surface area contributed by atoms with E-state index in [2.05, 4.69) is 21.4 Å². The van der Waals surface area contributed by atoms with Crippen LogP contribution in [-0.2, 0) is 22.4 Å². The number of fused-ring (bicyclic) bond motifs is 1. The van der Waals surface area contributed by atoms with Crippen molar-refractivity contribution in [3.8, 4) is 5.75 Å². The molecule has 1 unspecified atom stereocenters. The van der Waals surface area contributed by atoms with E-state index in [-0.39, 0.29) is 44.6 Å². The summed E-state index contributed by atoms with van der Waals surface area (Å²) in [4.78, 5) is 35.4. The number of benzene rings is 1. The van der Waals surface area contributed by atoms with Crippen LogP contribution in [0.3, 0.4) is 0 Å². The summed E-state index contributed by atoms with van der Waals surface area (Å²) in [6.07, 6.45) is 3.24. The zero-order valence-electron chi connectivity index (χ0n) is 22.3. The number of ether oxygens (including phenoxy) is 2. The lowest BCUT2D eigenvalue weighted by molar-refractivity contribution is -0.138. The molecule has 2 N–H and O–H groups in total. The SMILES string of the molecule is [N-]=[N+]=NCCOCCOc1ccc(C(CC(=O)O)N2CCN(CCCc3ccc4c(n3)NCCC4)C2=O)cc1F. The Labute approximate surface area is 231 Å². The van der Waals surface area contributed by atoms with Crippen LogP contribution in [0.25, 0.3) is 10.4 Å². The maximum atomic E-state index is 14.8. The van der Waals surface area contributed by atoms with Crippen molar-refractivity contribution < 1.29 is 28.6 Å². The Morgan fingerprint density at radius 1 is 1.25 bits per heavy atom. The highest BCUT2D eigenvalue weighted by Crippen LogP contribution is 2.31. The van der Waals surface area contributed by atoms with Gasteiger partial charge in [-0.25, -0.2) is 14.2 Å². The number of halogens is 1. The zero-order valence-corrected chi connectivity index (χ0v) is 22.3. The number of hydrogen-bond acceptors (Lipinski definition) is 7. The van der Waals surface area contributed by atoms with E-state index in [0.29, 0.717) is 25.2 Å². The largest absolute Gasteiger partial charge is 0.488 e. The number of aromatic nitrogens is 1. The quantitative estimate of drug-likeness (QED) is 0.145. The van der Waals surface area contributed by atoms with Crippen molar-refractivity contribution in [3.63, 3.8) is 0 Å². The highest BCUT2D eigenvalue weighted by atomic mass is 19.1. The highest BCUT2D eigenvalue weighted by Gasteiger charge is 2.35. The molecule has 1 aromatic carbocycles. The van der Waals surface area contributed by atoms with Crippen molar-refractivity contribution in [2.75, 3.05) is 57.9 Å². The smallest absolute Gasteiger partial charge is 0.320 e. The van der Waals surface area contributed by atoms with Crippen LogP contribution in [0.2, 0.25) is 0 Å². The molecule has 40 heavy (non-hydrogen) atoms. The molecule has 3 heterocycles. The number of carboxylic acids is 1. The summed E-state index contributed by atoms with van der Waals surface area (Å²) in [6.45, 7) is 2.96.